The number of hydrogen-bond donors (Lipinski definition) is 2. The van der Waals surface area contributed by atoms with Crippen LogP contribution in [0.2, 0.25) is 0 Å². The van der Waals surface area contributed by atoms with E-state index in [2.05, 4.69) is 0 Å². The number of carbonyl (C=O) groups is 1. The molecule has 2 aromatic rings. The number of amides is 1. The highest BCUT2D eigenvalue weighted by Gasteiger charge is 2.46. The third-order valence-electron chi connectivity index (χ3n) is 4.84. The number of primary sulfonamides is 1. The molecule has 1 heterocycles. The van der Waals surface area contributed by atoms with Crippen molar-refractivity contribution in [1.82, 2.24) is 4.90 Å². The summed E-state index contributed by atoms with van der Waals surface area (Å²) in [7, 11) is -4.13. The first-order chi connectivity index (χ1) is 12.2. The summed E-state index contributed by atoms with van der Waals surface area (Å²) in [5.74, 6) is -1.30. The second-order valence-electron chi connectivity index (χ2n) is 6.59. The Balaban J connectivity index is 1.89. The summed E-state index contributed by atoms with van der Waals surface area (Å²) in [5, 5.41) is 14.9. The van der Waals surface area contributed by atoms with E-state index >= 15 is 0 Å². The van der Waals surface area contributed by atoms with Crippen LogP contribution in [0.5, 0.6) is 0 Å². The highest BCUT2D eigenvalue weighted by molar-refractivity contribution is 7.89. The zero-order chi connectivity index (χ0) is 19.1. The summed E-state index contributed by atoms with van der Waals surface area (Å²) in [5.41, 5.74) is 0.353. The van der Waals surface area contributed by atoms with Crippen LogP contribution in [-0.4, -0.2) is 44.0 Å². The van der Waals surface area contributed by atoms with Crippen LogP contribution in [-0.2, 0) is 15.4 Å². The van der Waals surface area contributed by atoms with Gasteiger partial charge in [0.25, 0.3) is 5.91 Å². The molecular formula is C18H19FN2O4S. The second kappa shape index (κ2) is 6.46. The fourth-order valence-electron chi connectivity index (χ4n) is 3.20. The predicted molar refractivity (Wildman–Crippen MR) is 93.6 cm³/mol. The number of nitrogens with two attached hydrogens (primary N) is 1. The van der Waals surface area contributed by atoms with Gasteiger partial charge in [-0.05, 0) is 30.2 Å². The molecule has 3 N–H and O–H groups in total. The standard InChI is InChI=1S/C18H19FN2O4S/c1-12-15(7-14(8-16(12)19)26(20,24)25)17(23)21-9-18(10-21,11-22)13-5-3-2-4-6-13/h2-8,22H,9-11H2,1H3,(H2,20,24,25). The van der Waals surface area contributed by atoms with Crippen molar-refractivity contribution in [3.8, 4) is 0 Å². The molecular weight excluding hydrogens is 359 g/mol. The molecule has 1 aliphatic heterocycles. The number of benzene rings is 2. The number of halogens is 1. The molecule has 8 heteroatoms. The maximum Gasteiger partial charge on any atom is 0.254 e. The molecule has 138 valence electrons. The van der Waals surface area contributed by atoms with Crippen LogP contribution in [0.3, 0.4) is 0 Å². The van der Waals surface area contributed by atoms with Crippen LogP contribution >= 0.6 is 0 Å². The molecule has 6 nitrogen and oxygen atoms in total. The summed E-state index contributed by atoms with van der Waals surface area (Å²) in [4.78, 5) is 13.8. The van der Waals surface area contributed by atoms with Crippen molar-refractivity contribution in [3.63, 3.8) is 0 Å². The van der Waals surface area contributed by atoms with E-state index < -0.39 is 32.1 Å². The van der Waals surface area contributed by atoms with E-state index in [0.717, 1.165) is 17.7 Å². The smallest absolute Gasteiger partial charge is 0.254 e. The topological polar surface area (TPSA) is 101 Å². The molecule has 1 amide bonds. The first-order valence-electron chi connectivity index (χ1n) is 7.96. The van der Waals surface area contributed by atoms with E-state index in [4.69, 9.17) is 5.14 Å². The lowest BCUT2D eigenvalue weighted by Crippen LogP contribution is -2.63. The van der Waals surface area contributed by atoms with Gasteiger partial charge in [-0.3, -0.25) is 4.79 Å². The van der Waals surface area contributed by atoms with Gasteiger partial charge in [0.05, 0.1) is 16.9 Å². The number of carbonyl (C=O) groups excluding carboxylic acids is 1. The molecule has 0 bridgehead atoms. The van der Waals surface area contributed by atoms with Gasteiger partial charge >= 0.3 is 0 Å². The fourth-order valence-corrected chi connectivity index (χ4v) is 3.75. The molecule has 26 heavy (non-hydrogen) atoms. The van der Waals surface area contributed by atoms with Crippen LogP contribution in [0.4, 0.5) is 4.39 Å². The average molecular weight is 378 g/mol. The van der Waals surface area contributed by atoms with Gasteiger partial charge in [0, 0.05) is 18.7 Å². The third kappa shape index (κ3) is 3.11. The molecule has 0 unspecified atom stereocenters. The summed E-state index contributed by atoms with van der Waals surface area (Å²) in [6, 6.07) is 11.2. The molecule has 0 saturated carbocycles. The third-order valence-corrected chi connectivity index (χ3v) is 5.73. The molecule has 3 rings (SSSR count). The van der Waals surface area contributed by atoms with Crippen molar-refractivity contribution in [2.45, 2.75) is 17.2 Å². The number of aliphatic hydroxyl groups is 1. The van der Waals surface area contributed by atoms with E-state index in [-0.39, 0.29) is 30.8 Å². The summed E-state index contributed by atoms with van der Waals surface area (Å²) in [6.07, 6.45) is 0. The van der Waals surface area contributed by atoms with E-state index in [1.165, 1.54) is 11.8 Å². The van der Waals surface area contributed by atoms with Crippen LogP contribution in [0.1, 0.15) is 21.5 Å². The van der Waals surface area contributed by atoms with E-state index in [1.54, 1.807) is 0 Å². The molecule has 1 saturated heterocycles. The van der Waals surface area contributed by atoms with Crippen molar-refractivity contribution in [2.24, 2.45) is 5.14 Å². The first-order valence-corrected chi connectivity index (χ1v) is 9.51. The maximum atomic E-state index is 14.1. The van der Waals surface area contributed by atoms with Crippen molar-refractivity contribution in [2.75, 3.05) is 19.7 Å². The van der Waals surface area contributed by atoms with Crippen LogP contribution in [0.15, 0.2) is 47.4 Å². The molecule has 1 aliphatic rings. The Bertz CT molecular complexity index is 955. The highest BCUT2D eigenvalue weighted by Crippen LogP contribution is 2.35. The number of aliphatic hydroxyl groups excluding tert-OH is 1. The normalized spacial score (nSPS) is 16.2. The van der Waals surface area contributed by atoms with Crippen molar-refractivity contribution < 1.29 is 22.7 Å². The van der Waals surface area contributed by atoms with Crippen molar-refractivity contribution in [3.05, 3.63) is 65.0 Å². The molecule has 0 atom stereocenters. The lowest BCUT2D eigenvalue weighted by Gasteiger charge is -2.49. The zero-order valence-corrected chi connectivity index (χ0v) is 15.0. The molecule has 0 spiro atoms. The van der Waals surface area contributed by atoms with Crippen LogP contribution in [0, 0.1) is 12.7 Å². The largest absolute Gasteiger partial charge is 0.395 e. The van der Waals surface area contributed by atoms with E-state index in [0.29, 0.717) is 0 Å². The fraction of sp³-hybridized carbons (Fsp3) is 0.278. The Hall–Kier alpha value is -2.29. The van der Waals surface area contributed by atoms with Crippen molar-refractivity contribution in [1.29, 1.82) is 0 Å². The number of rotatable bonds is 4. The number of hydrogen-bond acceptors (Lipinski definition) is 4. The van der Waals surface area contributed by atoms with E-state index in [9.17, 15) is 22.7 Å². The number of likely N-dealkylation sites (tertiary alicyclic amines) is 1. The van der Waals surface area contributed by atoms with Crippen LogP contribution in [0.25, 0.3) is 0 Å². The van der Waals surface area contributed by atoms with Crippen molar-refractivity contribution >= 4 is 15.9 Å². The Morgan fingerprint density at radius 1 is 1.27 bits per heavy atom. The van der Waals surface area contributed by atoms with Gasteiger partial charge in [0.1, 0.15) is 5.82 Å². The summed E-state index contributed by atoms with van der Waals surface area (Å²) >= 11 is 0. The zero-order valence-electron chi connectivity index (χ0n) is 14.1. The summed E-state index contributed by atoms with van der Waals surface area (Å²) < 4.78 is 37.1. The van der Waals surface area contributed by atoms with Gasteiger partial charge in [-0.1, -0.05) is 30.3 Å². The Labute approximate surface area is 151 Å². The lowest BCUT2D eigenvalue weighted by atomic mass is 9.74. The molecule has 2 aromatic carbocycles. The minimum Gasteiger partial charge on any atom is -0.395 e. The van der Waals surface area contributed by atoms with E-state index in [1.807, 2.05) is 30.3 Å². The Morgan fingerprint density at radius 2 is 1.88 bits per heavy atom. The van der Waals surface area contributed by atoms with Gasteiger partial charge in [0.15, 0.2) is 0 Å². The monoisotopic (exact) mass is 378 g/mol. The van der Waals surface area contributed by atoms with Gasteiger partial charge in [-0.2, -0.15) is 0 Å². The van der Waals surface area contributed by atoms with Crippen LogP contribution < -0.4 is 5.14 Å². The number of sulfonamides is 1. The highest BCUT2D eigenvalue weighted by atomic mass is 32.2. The Morgan fingerprint density at radius 3 is 2.42 bits per heavy atom. The minimum absolute atomic E-state index is 0.0476. The van der Waals surface area contributed by atoms with Gasteiger partial charge in [0.2, 0.25) is 10.0 Å². The predicted octanol–water partition coefficient (Wildman–Crippen LogP) is 1.17. The molecule has 0 radical (unpaired) electrons. The molecule has 0 aromatic heterocycles. The number of nitrogens with zero attached hydrogens (tertiary/aromatic N) is 1. The first kappa shape index (κ1) is 18.5. The quantitative estimate of drug-likeness (QED) is 0.834. The maximum absolute atomic E-state index is 14.1. The Kier molecular flexibility index (Phi) is 4.60. The van der Waals surface area contributed by atoms with Gasteiger partial charge in [-0.25, -0.2) is 17.9 Å². The minimum atomic E-state index is -4.13. The molecule has 1 fully saturated rings. The molecule has 0 aliphatic carbocycles. The van der Waals surface area contributed by atoms with Gasteiger partial charge in [-0.15, -0.1) is 0 Å². The average Bonchev–Trinajstić information content (AvgIpc) is 2.56. The lowest BCUT2D eigenvalue weighted by molar-refractivity contribution is 0.0178. The van der Waals surface area contributed by atoms with Gasteiger partial charge < -0.3 is 10.0 Å². The SMILES string of the molecule is Cc1c(F)cc(S(N)(=O)=O)cc1C(=O)N1CC(CO)(c2ccccc2)C1. The second-order valence-corrected chi connectivity index (χ2v) is 8.15. The summed E-state index contributed by atoms with van der Waals surface area (Å²) in [6.45, 7) is 1.79.